The Bertz CT molecular complexity index is 436. The van der Waals surface area contributed by atoms with Crippen molar-refractivity contribution in [2.24, 2.45) is 5.92 Å². The highest BCUT2D eigenvalue weighted by molar-refractivity contribution is 6.29. The second kappa shape index (κ2) is 5.63. The fourth-order valence-corrected chi connectivity index (χ4v) is 1.46. The van der Waals surface area contributed by atoms with E-state index in [4.69, 9.17) is 16.7 Å². The zero-order chi connectivity index (χ0) is 13.0. The minimum absolute atomic E-state index is 0.127. The Hall–Kier alpha value is -1.62. The van der Waals surface area contributed by atoms with Crippen LogP contribution in [0.15, 0.2) is 18.2 Å². The first kappa shape index (κ1) is 13.4. The lowest BCUT2D eigenvalue weighted by molar-refractivity contribution is -0.141. The summed E-state index contributed by atoms with van der Waals surface area (Å²) in [5, 5.41) is 8.98. The average Bonchev–Trinajstić information content (AvgIpc) is 2.27. The van der Waals surface area contributed by atoms with Gasteiger partial charge in [0.05, 0.1) is 5.92 Å². The molecule has 1 N–H and O–H groups in total. The van der Waals surface area contributed by atoms with Gasteiger partial charge in [-0.2, -0.15) is 0 Å². The maximum Gasteiger partial charge on any atom is 0.308 e. The molecule has 0 aliphatic rings. The number of carbonyl (C=O) groups is 2. The van der Waals surface area contributed by atoms with Crippen LogP contribution in [-0.4, -0.2) is 40.5 Å². The monoisotopic (exact) mass is 256 g/mol. The van der Waals surface area contributed by atoms with Crippen molar-refractivity contribution in [3.05, 3.63) is 29.0 Å². The molecule has 0 saturated carbocycles. The highest BCUT2D eigenvalue weighted by Gasteiger charge is 2.19. The maximum absolute atomic E-state index is 11.9. The molecule has 0 aliphatic heterocycles. The minimum Gasteiger partial charge on any atom is -0.481 e. The van der Waals surface area contributed by atoms with Crippen molar-refractivity contribution < 1.29 is 14.7 Å². The molecular weight excluding hydrogens is 244 g/mol. The van der Waals surface area contributed by atoms with Gasteiger partial charge in [-0.15, -0.1) is 0 Å². The van der Waals surface area contributed by atoms with E-state index in [1.54, 1.807) is 12.1 Å². The highest BCUT2D eigenvalue weighted by atomic mass is 35.5. The van der Waals surface area contributed by atoms with E-state index in [9.17, 15) is 9.59 Å². The van der Waals surface area contributed by atoms with Gasteiger partial charge in [0.25, 0.3) is 5.91 Å². The summed E-state index contributed by atoms with van der Waals surface area (Å²) in [5.74, 6) is -1.91. The molecule has 6 heteroatoms. The molecule has 92 valence electrons. The van der Waals surface area contributed by atoms with Crippen molar-refractivity contribution >= 4 is 23.5 Å². The summed E-state index contributed by atoms with van der Waals surface area (Å²) in [6, 6.07) is 4.73. The standard InChI is InChI=1S/C11H13ClN2O3/c1-7(11(16)17)6-14(2)10(15)8-4-3-5-9(12)13-8/h3-5,7H,6H2,1-2H3,(H,16,17). The number of rotatable bonds is 4. The fraction of sp³-hybridized carbons (Fsp3) is 0.364. The van der Waals surface area contributed by atoms with Crippen molar-refractivity contribution in [1.82, 2.24) is 9.88 Å². The van der Waals surface area contributed by atoms with E-state index in [1.807, 2.05) is 0 Å². The number of carboxylic acids is 1. The van der Waals surface area contributed by atoms with E-state index in [0.717, 1.165) is 0 Å². The van der Waals surface area contributed by atoms with Crippen molar-refractivity contribution in [2.45, 2.75) is 6.92 Å². The third kappa shape index (κ3) is 3.71. The van der Waals surface area contributed by atoms with E-state index in [0.29, 0.717) is 0 Å². The van der Waals surface area contributed by atoms with Gasteiger partial charge in [0, 0.05) is 13.6 Å². The smallest absolute Gasteiger partial charge is 0.308 e. The number of aromatic nitrogens is 1. The van der Waals surface area contributed by atoms with Crippen molar-refractivity contribution in [2.75, 3.05) is 13.6 Å². The molecule has 1 heterocycles. The Balaban J connectivity index is 2.73. The number of hydrogen-bond acceptors (Lipinski definition) is 3. The lowest BCUT2D eigenvalue weighted by Crippen LogP contribution is -2.34. The largest absolute Gasteiger partial charge is 0.481 e. The molecule has 0 saturated heterocycles. The molecule has 1 aromatic rings. The predicted octanol–water partition coefficient (Wildman–Crippen LogP) is 1.53. The van der Waals surface area contributed by atoms with Crippen LogP contribution >= 0.6 is 11.6 Å². The lowest BCUT2D eigenvalue weighted by Gasteiger charge is -2.18. The zero-order valence-corrected chi connectivity index (χ0v) is 10.3. The van der Waals surface area contributed by atoms with Crippen LogP contribution in [0.3, 0.4) is 0 Å². The summed E-state index contributed by atoms with van der Waals surface area (Å²) in [6.07, 6.45) is 0. The van der Waals surface area contributed by atoms with Gasteiger partial charge >= 0.3 is 5.97 Å². The Kier molecular flexibility index (Phi) is 4.45. The Morgan fingerprint density at radius 1 is 1.53 bits per heavy atom. The Labute approximate surface area is 104 Å². The third-order valence-corrected chi connectivity index (χ3v) is 2.46. The molecule has 0 aromatic carbocycles. The van der Waals surface area contributed by atoms with Crippen LogP contribution in [0.4, 0.5) is 0 Å². The van der Waals surface area contributed by atoms with Crippen molar-refractivity contribution in [1.29, 1.82) is 0 Å². The van der Waals surface area contributed by atoms with Gasteiger partial charge in [0.15, 0.2) is 0 Å². The first-order valence-corrected chi connectivity index (χ1v) is 5.40. The summed E-state index contributed by atoms with van der Waals surface area (Å²) >= 11 is 5.67. The van der Waals surface area contributed by atoms with Crippen LogP contribution in [0.1, 0.15) is 17.4 Å². The first-order valence-electron chi connectivity index (χ1n) is 5.02. The molecule has 1 atom stereocenters. The second-order valence-corrected chi connectivity index (χ2v) is 4.16. The summed E-state index contributed by atoms with van der Waals surface area (Å²) in [4.78, 5) is 27.7. The molecule has 0 radical (unpaired) electrons. The normalized spacial score (nSPS) is 11.9. The SMILES string of the molecule is CC(CN(C)C(=O)c1cccc(Cl)n1)C(=O)O. The van der Waals surface area contributed by atoms with Crippen molar-refractivity contribution in [3.63, 3.8) is 0 Å². The van der Waals surface area contributed by atoms with Crippen LogP contribution in [-0.2, 0) is 4.79 Å². The van der Waals surface area contributed by atoms with Crippen LogP contribution < -0.4 is 0 Å². The van der Waals surface area contributed by atoms with Gasteiger partial charge in [-0.3, -0.25) is 9.59 Å². The molecule has 1 rings (SSSR count). The fourth-order valence-electron chi connectivity index (χ4n) is 1.29. The summed E-state index contributed by atoms with van der Waals surface area (Å²) in [6.45, 7) is 1.67. The predicted molar refractivity (Wildman–Crippen MR) is 63.0 cm³/mol. The molecular formula is C11H13ClN2O3. The van der Waals surface area contributed by atoms with Gasteiger partial charge in [-0.05, 0) is 12.1 Å². The number of carbonyl (C=O) groups excluding carboxylic acids is 1. The molecule has 1 amide bonds. The molecule has 0 bridgehead atoms. The van der Waals surface area contributed by atoms with E-state index in [-0.39, 0.29) is 23.3 Å². The quantitative estimate of drug-likeness (QED) is 0.830. The first-order chi connectivity index (χ1) is 7.91. The van der Waals surface area contributed by atoms with E-state index in [1.165, 1.54) is 24.9 Å². The third-order valence-electron chi connectivity index (χ3n) is 2.25. The number of carboxylic acid groups (broad SMARTS) is 1. The number of amides is 1. The molecule has 0 spiro atoms. The Morgan fingerprint density at radius 3 is 2.71 bits per heavy atom. The van der Waals surface area contributed by atoms with Crippen LogP contribution in [0, 0.1) is 5.92 Å². The maximum atomic E-state index is 11.9. The molecule has 0 aliphatic carbocycles. The summed E-state index contributed by atoms with van der Waals surface area (Å²) in [7, 11) is 1.53. The van der Waals surface area contributed by atoms with Gasteiger partial charge in [-0.1, -0.05) is 24.6 Å². The van der Waals surface area contributed by atoms with Gasteiger partial charge in [0.1, 0.15) is 10.8 Å². The lowest BCUT2D eigenvalue weighted by atomic mass is 10.1. The minimum atomic E-state index is -0.941. The molecule has 1 aromatic heterocycles. The number of halogens is 1. The van der Waals surface area contributed by atoms with E-state index < -0.39 is 11.9 Å². The van der Waals surface area contributed by atoms with Crippen LogP contribution in [0.5, 0.6) is 0 Å². The zero-order valence-electron chi connectivity index (χ0n) is 9.55. The molecule has 1 unspecified atom stereocenters. The molecule has 5 nitrogen and oxygen atoms in total. The number of hydrogen-bond donors (Lipinski definition) is 1. The van der Waals surface area contributed by atoms with Gasteiger partial charge < -0.3 is 10.0 Å². The number of pyridine rings is 1. The summed E-state index contributed by atoms with van der Waals surface area (Å²) < 4.78 is 0. The Morgan fingerprint density at radius 2 is 2.18 bits per heavy atom. The van der Waals surface area contributed by atoms with E-state index >= 15 is 0 Å². The number of nitrogens with zero attached hydrogens (tertiary/aromatic N) is 2. The topological polar surface area (TPSA) is 70.5 Å². The molecule has 0 fully saturated rings. The van der Waals surface area contributed by atoms with Gasteiger partial charge in [-0.25, -0.2) is 4.98 Å². The second-order valence-electron chi connectivity index (χ2n) is 3.77. The highest BCUT2D eigenvalue weighted by Crippen LogP contribution is 2.08. The van der Waals surface area contributed by atoms with Crippen molar-refractivity contribution in [3.8, 4) is 0 Å². The number of aliphatic carboxylic acids is 1. The van der Waals surface area contributed by atoms with Gasteiger partial charge in [0.2, 0.25) is 0 Å². The molecule has 17 heavy (non-hydrogen) atoms. The summed E-state index contributed by atoms with van der Waals surface area (Å²) in [5.41, 5.74) is 0.206. The van der Waals surface area contributed by atoms with Crippen LogP contribution in [0.25, 0.3) is 0 Å². The van der Waals surface area contributed by atoms with Crippen LogP contribution in [0.2, 0.25) is 5.15 Å². The average molecular weight is 257 g/mol. The van der Waals surface area contributed by atoms with E-state index in [2.05, 4.69) is 4.98 Å².